The molecule has 0 spiro atoms. The van der Waals surface area contributed by atoms with Crippen molar-refractivity contribution < 1.29 is 4.74 Å². The zero-order valence-electron chi connectivity index (χ0n) is 14.5. The minimum atomic E-state index is -0.136. The lowest BCUT2D eigenvalue weighted by Crippen LogP contribution is -2.31. The first-order valence-electron chi connectivity index (χ1n) is 8.35. The van der Waals surface area contributed by atoms with Crippen molar-refractivity contribution in [3.63, 3.8) is 0 Å². The summed E-state index contributed by atoms with van der Waals surface area (Å²) >= 11 is 3.48. The number of rotatable bonds is 4. The van der Waals surface area contributed by atoms with E-state index in [1.165, 1.54) is 16.9 Å². The summed E-state index contributed by atoms with van der Waals surface area (Å²) in [5, 5.41) is 11.0. The van der Waals surface area contributed by atoms with Crippen LogP contribution in [0.15, 0.2) is 11.5 Å². The number of thioether (sulfide) groups is 1. The van der Waals surface area contributed by atoms with Crippen molar-refractivity contribution in [2.24, 2.45) is 5.92 Å². The summed E-state index contributed by atoms with van der Waals surface area (Å²) in [5.41, 5.74) is 2.14. The van der Waals surface area contributed by atoms with E-state index in [4.69, 9.17) is 4.74 Å². The van der Waals surface area contributed by atoms with Gasteiger partial charge in [-0.2, -0.15) is 0 Å². The first-order chi connectivity index (χ1) is 11.4. The van der Waals surface area contributed by atoms with Gasteiger partial charge >= 0.3 is 0 Å². The third kappa shape index (κ3) is 2.82. The second-order valence-corrected chi connectivity index (χ2v) is 9.51. The van der Waals surface area contributed by atoms with Crippen LogP contribution in [0.5, 0.6) is 0 Å². The molecule has 0 unspecified atom stereocenters. The molecule has 0 aromatic carbocycles. The molecule has 0 fully saturated rings. The Labute approximate surface area is 149 Å². The minimum absolute atomic E-state index is 0.136. The predicted octanol–water partition coefficient (Wildman–Crippen LogP) is 4.33. The molecule has 0 amide bonds. The van der Waals surface area contributed by atoms with Crippen LogP contribution in [-0.2, 0) is 17.8 Å². The van der Waals surface area contributed by atoms with Crippen LogP contribution in [0.3, 0.4) is 0 Å². The van der Waals surface area contributed by atoms with Crippen LogP contribution in [0.25, 0.3) is 15.9 Å². The SMILES string of the molecule is CC(C)CCSc1nnc2c3c4c(sc3ncn12)COC(C)(C)C4. The monoisotopic (exact) mass is 362 g/mol. The van der Waals surface area contributed by atoms with Gasteiger partial charge in [0, 0.05) is 17.1 Å². The highest BCUT2D eigenvalue weighted by molar-refractivity contribution is 7.99. The summed E-state index contributed by atoms with van der Waals surface area (Å²) in [6.45, 7) is 9.44. The van der Waals surface area contributed by atoms with Crippen molar-refractivity contribution in [1.29, 1.82) is 0 Å². The maximum atomic E-state index is 5.95. The number of hydrogen-bond donors (Lipinski definition) is 0. The number of ether oxygens (including phenoxy) is 1. The van der Waals surface area contributed by atoms with Crippen molar-refractivity contribution in [2.75, 3.05) is 5.75 Å². The highest BCUT2D eigenvalue weighted by Gasteiger charge is 2.30. The van der Waals surface area contributed by atoms with Gasteiger partial charge in [-0.1, -0.05) is 25.6 Å². The molecular formula is C17H22N4OS2. The van der Waals surface area contributed by atoms with Crippen molar-refractivity contribution >= 4 is 39.0 Å². The predicted molar refractivity (Wildman–Crippen MR) is 98.9 cm³/mol. The molecule has 7 heteroatoms. The molecule has 0 N–H and O–H groups in total. The fourth-order valence-corrected chi connectivity index (χ4v) is 5.21. The summed E-state index contributed by atoms with van der Waals surface area (Å²) < 4.78 is 7.99. The first-order valence-corrected chi connectivity index (χ1v) is 10.2. The second-order valence-electron chi connectivity index (χ2n) is 7.36. The van der Waals surface area contributed by atoms with E-state index in [2.05, 4.69) is 42.9 Å². The molecule has 1 aliphatic heterocycles. The van der Waals surface area contributed by atoms with Crippen LogP contribution in [0, 0.1) is 5.92 Å². The first kappa shape index (κ1) is 16.3. The van der Waals surface area contributed by atoms with Crippen LogP contribution in [0.2, 0.25) is 0 Å². The van der Waals surface area contributed by atoms with Crippen LogP contribution in [-0.4, -0.2) is 30.9 Å². The molecule has 0 atom stereocenters. The molecule has 4 rings (SSSR count). The minimum Gasteiger partial charge on any atom is -0.370 e. The Balaban J connectivity index is 1.78. The van der Waals surface area contributed by atoms with Gasteiger partial charge in [0.05, 0.1) is 17.6 Å². The molecule has 3 aromatic heterocycles. The molecule has 0 saturated carbocycles. The Morgan fingerprint density at radius 1 is 1.38 bits per heavy atom. The molecule has 1 aliphatic rings. The van der Waals surface area contributed by atoms with E-state index in [1.807, 2.05) is 10.7 Å². The lowest BCUT2D eigenvalue weighted by molar-refractivity contribution is -0.0379. The van der Waals surface area contributed by atoms with Gasteiger partial charge in [0.25, 0.3) is 0 Å². The molecule has 0 aliphatic carbocycles. The van der Waals surface area contributed by atoms with Crippen LogP contribution in [0.1, 0.15) is 44.6 Å². The lowest BCUT2D eigenvalue weighted by atomic mass is 9.94. The van der Waals surface area contributed by atoms with E-state index in [0.717, 1.165) is 33.2 Å². The van der Waals surface area contributed by atoms with E-state index in [-0.39, 0.29) is 5.60 Å². The van der Waals surface area contributed by atoms with E-state index in [9.17, 15) is 0 Å². The Morgan fingerprint density at radius 2 is 2.21 bits per heavy atom. The van der Waals surface area contributed by atoms with Crippen LogP contribution >= 0.6 is 23.1 Å². The van der Waals surface area contributed by atoms with E-state index < -0.39 is 0 Å². The number of hydrogen-bond acceptors (Lipinski definition) is 6. The largest absolute Gasteiger partial charge is 0.370 e. The van der Waals surface area contributed by atoms with Gasteiger partial charge in [-0.05, 0) is 31.7 Å². The fraction of sp³-hybridized carbons (Fsp3) is 0.588. The highest BCUT2D eigenvalue weighted by atomic mass is 32.2. The summed E-state index contributed by atoms with van der Waals surface area (Å²) in [6.07, 6.45) is 3.93. The molecule has 0 radical (unpaired) electrons. The lowest BCUT2D eigenvalue weighted by Gasteiger charge is -2.30. The molecule has 5 nitrogen and oxygen atoms in total. The number of thiophene rings is 1. The Morgan fingerprint density at radius 3 is 3.00 bits per heavy atom. The van der Waals surface area contributed by atoms with Crippen LogP contribution < -0.4 is 0 Å². The quantitative estimate of drug-likeness (QED) is 0.647. The standard InChI is InChI=1S/C17H22N4OS2/c1-10(2)5-6-23-16-20-19-14-13-11-7-17(3,4)22-8-12(11)24-15(13)18-9-21(14)16/h9-10H,5-8H2,1-4H3. The van der Waals surface area contributed by atoms with Gasteiger partial charge in [0.15, 0.2) is 10.8 Å². The van der Waals surface area contributed by atoms with Crippen molar-refractivity contribution in [3.8, 4) is 0 Å². The topological polar surface area (TPSA) is 52.3 Å². The number of aromatic nitrogens is 4. The molecule has 128 valence electrons. The van der Waals surface area contributed by atoms with E-state index in [0.29, 0.717) is 12.5 Å². The summed E-state index contributed by atoms with van der Waals surface area (Å²) in [5.74, 6) is 1.76. The average Bonchev–Trinajstić information content (AvgIpc) is 3.07. The Bertz CT molecular complexity index is 897. The Kier molecular flexibility index (Phi) is 4.05. The summed E-state index contributed by atoms with van der Waals surface area (Å²) in [4.78, 5) is 6.99. The van der Waals surface area contributed by atoms with Gasteiger partial charge in [-0.15, -0.1) is 21.5 Å². The van der Waals surface area contributed by atoms with Crippen molar-refractivity contribution in [1.82, 2.24) is 19.6 Å². The third-order valence-electron chi connectivity index (χ3n) is 4.37. The third-order valence-corrected chi connectivity index (χ3v) is 6.46. The molecule has 4 heterocycles. The normalized spacial score (nSPS) is 17.0. The maximum Gasteiger partial charge on any atom is 0.196 e. The molecule has 0 saturated heterocycles. The van der Waals surface area contributed by atoms with Gasteiger partial charge in [0.1, 0.15) is 11.2 Å². The van der Waals surface area contributed by atoms with Crippen molar-refractivity contribution in [3.05, 3.63) is 16.8 Å². The number of nitrogens with zero attached hydrogens (tertiary/aromatic N) is 4. The smallest absolute Gasteiger partial charge is 0.196 e. The zero-order valence-corrected chi connectivity index (χ0v) is 16.1. The van der Waals surface area contributed by atoms with Crippen LogP contribution in [0.4, 0.5) is 0 Å². The van der Waals surface area contributed by atoms with E-state index in [1.54, 1.807) is 23.1 Å². The molecule has 24 heavy (non-hydrogen) atoms. The molecule has 3 aromatic rings. The average molecular weight is 363 g/mol. The van der Waals surface area contributed by atoms with Gasteiger partial charge in [0.2, 0.25) is 0 Å². The molecule has 0 bridgehead atoms. The fourth-order valence-electron chi connectivity index (χ4n) is 3.01. The van der Waals surface area contributed by atoms with E-state index >= 15 is 0 Å². The maximum absolute atomic E-state index is 5.95. The summed E-state index contributed by atoms with van der Waals surface area (Å²) in [6, 6.07) is 0. The van der Waals surface area contributed by atoms with Gasteiger partial charge < -0.3 is 4.74 Å². The summed E-state index contributed by atoms with van der Waals surface area (Å²) in [7, 11) is 0. The Hall–Kier alpha value is -1.18. The zero-order chi connectivity index (χ0) is 16.9. The van der Waals surface area contributed by atoms with Gasteiger partial charge in [-0.3, -0.25) is 4.40 Å². The second kappa shape index (κ2) is 5.97. The molecular weight excluding hydrogens is 340 g/mol. The number of fused-ring (bicyclic) bond motifs is 5. The van der Waals surface area contributed by atoms with Gasteiger partial charge in [-0.25, -0.2) is 4.98 Å². The van der Waals surface area contributed by atoms with Crippen molar-refractivity contribution in [2.45, 2.75) is 57.9 Å². The highest BCUT2D eigenvalue weighted by Crippen LogP contribution is 2.39.